The fourth-order valence-electron chi connectivity index (χ4n) is 3.10. The van der Waals surface area contributed by atoms with E-state index >= 15 is 0 Å². The highest BCUT2D eigenvalue weighted by Crippen LogP contribution is 2.44. The van der Waals surface area contributed by atoms with Crippen molar-refractivity contribution < 1.29 is 4.79 Å². The van der Waals surface area contributed by atoms with E-state index in [1.165, 1.54) is 38.4 Å². The Hall–Kier alpha value is 0.150. The van der Waals surface area contributed by atoms with Crippen LogP contribution in [0.15, 0.2) is 0 Å². The minimum atomic E-state index is 0.374. The van der Waals surface area contributed by atoms with Crippen LogP contribution in [0.3, 0.4) is 0 Å². The molecule has 0 spiro atoms. The summed E-state index contributed by atoms with van der Waals surface area (Å²) in [7, 11) is 0. The van der Waals surface area contributed by atoms with E-state index in [9.17, 15) is 4.79 Å². The van der Waals surface area contributed by atoms with E-state index in [4.69, 9.17) is 0 Å². The van der Waals surface area contributed by atoms with Gasteiger partial charge in [-0.1, -0.05) is 28.8 Å². The Morgan fingerprint density at radius 1 is 1.15 bits per heavy atom. The third kappa shape index (κ3) is 1.98. The fourth-order valence-corrected chi connectivity index (χ4v) is 3.79. The molecule has 0 radical (unpaired) electrons. The summed E-state index contributed by atoms with van der Waals surface area (Å²) < 4.78 is 0. The molecule has 2 fully saturated rings. The van der Waals surface area contributed by atoms with Crippen molar-refractivity contribution in [1.82, 2.24) is 0 Å². The Morgan fingerprint density at radius 3 is 2.77 bits per heavy atom. The highest BCUT2D eigenvalue weighted by Gasteiger charge is 2.36. The summed E-state index contributed by atoms with van der Waals surface area (Å²) in [5.74, 6) is 1.93. The van der Waals surface area contributed by atoms with E-state index in [0.29, 0.717) is 16.7 Å². The predicted octanol–water partition coefficient (Wildman–Crippen LogP) is 3.17. The smallest absolute Gasteiger partial charge is 0.123 e. The Balaban J connectivity index is 2.05. The van der Waals surface area contributed by atoms with Gasteiger partial charge in [-0.25, -0.2) is 0 Å². The van der Waals surface area contributed by atoms with Gasteiger partial charge in [0.1, 0.15) is 6.29 Å². The number of fused-ring (bicyclic) bond motifs is 1. The molecule has 13 heavy (non-hydrogen) atoms. The predicted molar refractivity (Wildman–Crippen MR) is 57.0 cm³/mol. The molecule has 0 aliphatic heterocycles. The maximum atomic E-state index is 10.9. The Labute approximate surface area is 88.4 Å². The molecule has 2 aliphatic rings. The highest BCUT2D eigenvalue weighted by molar-refractivity contribution is 9.09. The van der Waals surface area contributed by atoms with E-state index in [0.717, 1.165) is 12.3 Å². The Morgan fingerprint density at radius 2 is 2.00 bits per heavy atom. The van der Waals surface area contributed by atoms with Crippen LogP contribution in [0.5, 0.6) is 0 Å². The summed E-state index contributed by atoms with van der Waals surface area (Å²) in [6.45, 7) is 0. The van der Waals surface area contributed by atoms with Crippen LogP contribution in [0.4, 0.5) is 0 Å². The van der Waals surface area contributed by atoms with Crippen LogP contribution < -0.4 is 0 Å². The molecule has 0 N–H and O–H groups in total. The molecular formula is C11H17BrO. The first-order chi connectivity index (χ1) is 6.31. The number of rotatable bonds is 1. The molecule has 4 unspecified atom stereocenters. The summed E-state index contributed by atoms with van der Waals surface area (Å²) in [5, 5.41) is 0. The molecular weight excluding hydrogens is 228 g/mol. The standard InChI is InChI=1S/C11H17BrO/c12-10-5-4-8-2-1-3-9(7-13)11(8)6-10/h7-11H,1-6H2. The summed E-state index contributed by atoms with van der Waals surface area (Å²) in [4.78, 5) is 11.6. The summed E-state index contributed by atoms with van der Waals surface area (Å²) in [5.41, 5.74) is 0. The van der Waals surface area contributed by atoms with Crippen molar-refractivity contribution in [2.24, 2.45) is 17.8 Å². The zero-order chi connectivity index (χ0) is 9.26. The maximum absolute atomic E-state index is 10.9. The number of carbonyl (C=O) groups is 1. The molecule has 2 heteroatoms. The van der Waals surface area contributed by atoms with Crippen molar-refractivity contribution in [1.29, 1.82) is 0 Å². The average molecular weight is 245 g/mol. The molecule has 0 heterocycles. The van der Waals surface area contributed by atoms with Crippen molar-refractivity contribution in [2.75, 3.05) is 0 Å². The topological polar surface area (TPSA) is 17.1 Å². The molecule has 1 nitrogen and oxygen atoms in total. The van der Waals surface area contributed by atoms with Crippen LogP contribution in [0.25, 0.3) is 0 Å². The molecule has 4 atom stereocenters. The largest absolute Gasteiger partial charge is 0.303 e. The normalized spacial score (nSPS) is 45.3. The molecule has 0 aromatic heterocycles. The molecule has 2 saturated carbocycles. The second-order valence-corrected chi connectivity index (χ2v) is 5.86. The zero-order valence-corrected chi connectivity index (χ0v) is 9.50. The van der Waals surface area contributed by atoms with Gasteiger partial charge in [-0.2, -0.15) is 0 Å². The second kappa shape index (κ2) is 4.12. The van der Waals surface area contributed by atoms with Gasteiger partial charge in [0.25, 0.3) is 0 Å². The van der Waals surface area contributed by atoms with Crippen molar-refractivity contribution in [3.8, 4) is 0 Å². The number of hydrogen-bond donors (Lipinski definition) is 0. The number of alkyl halides is 1. The van der Waals surface area contributed by atoms with Crippen LogP contribution in [-0.2, 0) is 4.79 Å². The van der Waals surface area contributed by atoms with Gasteiger partial charge in [0.15, 0.2) is 0 Å². The molecule has 0 amide bonds. The SMILES string of the molecule is O=CC1CCCC2CCC(Br)CC12. The van der Waals surface area contributed by atoms with E-state index in [1.54, 1.807) is 0 Å². The fraction of sp³-hybridized carbons (Fsp3) is 0.909. The summed E-state index contributed by atoms with van der Waals surface area (Å²) in [6, 6.07) is 0. The van der Waals surface area contributed by atoms with Crippen molar-refractivity contribution in [3.63, 3.8) is 0 Å². The molecule has 74 valence electrons. The number of carbonyl (C=O) groups excluding carboxylic acids is 1. The number of halogens is 1. The van der Waals surface area contributed by atoms with Crippen molar-refractivity contribution >= 4 is 22.2 Å². The number of hydrogen-bond acceptors (Lipinski definition) is 1. The van der Waals surface area contributed by atoms with Crippen LogP contribution in [-0.4, -0.2) is 11.1 Å². The van der Waals surface area contributed by atoms with Gasteiger partial charge in [-0.15, -0.1) is 0 Å². The lowest BCUT2D eigenvalue weighted by molar-refractivity contribution is -0.115. The third-order valence-electron chi connectivity index (χ3n) is 3.82. The molecule has 0 saturated heterocycles. The van der Waals surface area contributed by atoms with E-state index in [2.05, 4.69) is 15.9 Å². The van der Waals surface area contributed by atoms with Gasteiger partial charge in [0.2, 0.25) is 0 Å². The first kappa shape index (κ1) is 9.70. The summed E-state index contributed by atoms with van der Waals surface area (Å²) >= 11 is 3.69. The second-order valence-electron chi connectivity index (χ2n) is 4.57. The monoisotopic (exact) mass is 244 g/mol. The van der Waals surface area contributed by atoms with Crippen LogP contribution in [0, 0.1) is 17.8 Å². The van der Waals surface area contributed by atoms with Crippen molar-refractivity contribution in [3.05, 3.63) is 0 Å². The van der Waals surface area contributed by atoms with Gasteiger partial charge in [0, 0.05) is 10.7 Å². The van der Waals surface area contributed by atoms with E-state index in [1.807, 2.05) is 0 Å². The van der Waals surface area contributed by atoms with Gasteiger partial charge in [-0.3, -0.25) is 0 Å². The van der Waals surface area contributed by atoms with Gasteiger partial charge < -0.3 is 4.79 Å². The zero-order valence-electron chi connectivity index (χ0n) is 7.92. The van der Waals surface area contributed by atoms with Gasteiger partial charge >= 0.3 is 0 Å². The highest BCUT2D eigenvalue weighted by atomic mass is 79.9. The first-order valence-corrected chi connectivity index (χ1v) is 6.32. The molecule has 2 rings (SSSR count). The van der Waals surface area contributed by atoms with E-state index in [-0.39, 0.29) is 0 Å². The van der Waals surface area contributed by atoms with Crippen LogP contribution >= 0.6 is 15.9 Å². The maximum Gasteiger partial charge on any atom is 0.123 e. The minimum absolute atomic E-state index is 0.374. The quantitative estimate of drug-likeness (QED) is 0.512. The van der Waals surface area contributed by atoms with Crippen molar-refractivity contribution in [2.45, 2.75) is 43.4 Å². The first-order valence-electron chi connectivity index (χ1n) is 5.40. The molecule has 0 aromatic carbocycles. The van der Waals surface area contributed by atoms with Gasteiger partial charge in [-0.05, 0) is 37.5 Å². The molecule has 0 bridgehead atoms. The van der Waals surface area contributed by atoms with E-state index < -0.39 is 0 Å². The molecule has 2 aliphatic carbocycles. The Kier molecular flexibility index (Phi) is 3.07. The summed E-state index contributed by atoms with van der Waals surface area (Å²) in [6.07, 6.45) is 8.88. The minimum Gasteiger partial charge on any atom is -0.303 e. The van der Waals surface area contributed by atoms with Crippen LogP contribution in [0.1, 0.15) is 38.5 Å². The van der Waals surface area contributed by atoms with Crippen LogP contribution in [0.2, 0.25) is 0 Å². The number of aldehydes is 1. The van der Waals surface area contributed by atoms with Gasteiger partial charge in [0.05, 0.1) is 0 Å². The molecule has 0 aromatic rings. The lowest BCUT2D eigenvalue weighted by Gasteiger charge is -2.40. The lowest BCUT2D eigenvalue weighted by atomic mass is 9.66. The third-order valence-corrected chi connectivity index (χ3v) is 4.65. The Bertz CT molecular complexity index is 193. The lowest BCUT2D eigenvalue weighted by Crippen LogP contribution is -2.34. The average Bonchev–Trinajstić information content (AvgIpc) is 2.17.